The number of aryl methyl sites for hydroxylation is 2. The molecular weight excluding hydrogens is 495 g/mol. The largest absolute Gasteiger partial charge is 0.374 e. The number of hydrogen-bond donors (Lipinski definition) is 1. The average molecular weight is 545 g/mol. The van der Waals surface area contributed by atoms with Crippen LogP contribution in [0.1, 0.15) is 84.8 Å². The van der Waals surface area contributed by atoms with E-state index in [1.807, 2.05) is 25.1 Å². The van der Waals surface area contributed by atoms with Crippen molar-refractivity contribution in [2.75, 3.05) is 18.5 Å². The van der Waals surface area contributed by atoms with Gasteiger partial charge in [0.1, 0.15) is 5.82 Å². The van der Waals surface area contributed by atoms with Crippen LogP contribution in [0.3, 0.4) is 0 Å². The molecule has 2 unspecified atom stereocenters. The number of halogens is 2. The number of nitrogens with one attached hydrogen (secondary N) is 1. The van der Waals surface area contributed by atoms with Gasteiger partial charge in [-0.05, 0) is 91.3 Å². The topological polar surface area (TPSA) is 32.3 Å². The Bertz CT molecular complexity index is 1010. The molecule has 1 saturated carbocycles. The Morgan fingerprint density at radius 1 is 1.16 bits per heavy atom. The number of carbonyl (C=O) groups is 1. The summed E-state index contributed by atoms with van der Waals surface area (Å²) in [6.07, 6.45) is 6.57. The quantitative estimate of drug-likeness (QED) is 0.342. The molecule has 0 spiro atoms. The first-order chi connectivity index (χ1) is 17.9. The van der Waals surface area contributed by atoms with E-state index in [-0.39, 0.29) is 17.6 Å². The molecule has 0 saturated heterocycles. The van der Waals surface area contributed by atoms with Crippen molar-refractivity contribution in [1.82, 2.24) is 5.32 Å². The van der Waals surface area contributed by atoms with E-state index in [4.69, 9.17) is 11.6 Å². The van der Waals surface area contributed by atoms with Crippen LogP contribution in [0.25, 0.3) is 0 Å². The van der Waals surface area contributed by atoms with E-state index < -0.39 is 0 Å². The Morgan fingerprint density at radius 3 is 2.37 bits per heavy atom. The third-order valence-electron chi connectivity index (χ3n) is 8.39. The fraction of sp³-hybridized carbons (Fsp3) is 0.606. The number of amides is 1. The van der Waals surface area contributed by atoms with E-state index in [9.17, 15) is 9.18 Å². The maximum atomic E-state index is 13.2. The highest BCUT2D eigenvalue weighted by Gasteiger charge is 2.40. The number of hydrogen-bond acceptors (Lipinski definition) is 2. The highest BCUT2D eigenvalue weighted by Crippen LogP contribution is 2.45. The van der Waals surface area contributed by atoms with Gasteiger partial charge in [0.2, 0.25) is 5.91 Å². The first kappa shape index (κ1) is 32.1. The average Bonchev–Trinajstić information content (AvgIpc) is 2.86. The van der Waals surface area contributed by atoms with Crippen molar-refractivity contribution in [1.29, 1.82) is 0 Å². The predicted octanol–water partition coefficient (Wildman–Crippen LogP) is 8.86. The summed E-state index contributed by atoms with van der Waals surface area (Å²) >= 11 is 6.10. The van der Waals surface area contributed by atoms with Crippen molar-refractivity contribution in [2.24, 2.45) is 23.2 Å². The van der Waals surface area contributed by atoms with Crippen molar-refractivity contribution in [3.8, 4) is 0 Å². The first-order valence-electron chi connectivity index (χ1n) is 14.4. The van der Waals surface area contributed by atoms with E-state index in [0.717, 1.165) is 42.1 Å². The summed E-state index contributed by atoms with van der Waals surface area (Å²) in [5.41, 5.74) is 3.82. The van der Waals surface area contributed by atoms with Gasteiger partial charge in [0.15, 0.2) is 0 Å². The minimum atomic E-state index is -0.160. The molecule has 0 aliphatic heterocycles. The summed E-state index contributed by atoms with van der Waals surface area (Å²) in [5, 5.41) is 4.19. The summed E-state index contributed by atoms with van der Waals surface area (Å²) in [7, 11) is 2.06. The van der Waals surface area contributed by atoms with Gasteiger partial charge in [0, 0.05) is 30.3 Å². The molecule has 212 valence electrons. The zero-order valence-electron chi connectivity index (χ0n) is 24.9. The van der Waals surface area contributed by atoms with Gasteiger partial charge in [-0.1, -0.05) is 78.1 Å². The lowest BCUT2D eigenvalue weighted by Crippen LogP contribution is -2.50. The molecule has 2 aromatic carbocycles. The van der Waals surface area contributed by atoms with E-state index in [1.165, 1.54) is 37.0 Å². The van der Waals surface area contributed by atoms with Gasteiger partial charge < -0.3 is 10.2 Å². The van der Waals surface area contributed by atoms with Crippen molar-refractivity contribution in [3.63, 3.8) is 0 Å². The molecule has 1 N–H and O–H groups in total. The fourth-order valence-corrected chi connectivity index (χ4v) is 6.18. The number of carbonyl (C=O) groups excluding carboxylic acids is 1. The summed E-state index contributed by atoms with van der Waals surface area (Å²) < 4.78 is 12.2. The highest BCUT2D eigenvalue weighted by atomic mass is 35.5. The summed E-state index contributed by atoms with van der Waals surface area (Å²) in [4.78, 5) is 15.3. The van der Waals surface area contributed by atoms with Gasteiger partial charge in [-0.3, -0.25) is 4.79 Å². The molecule has 0 aromatic heterocycles. The Kier molecular flexibility index (Phi) is 12.6. The zero-order chi connectivity index (χ0) is 28.5. The highest BCUT2D eigenvalue weighted by molar-refractivity contribution is 6.30. The number of nitrogens with zero attached hydrogens (tertiary/aromatic N) is 1. The Hall–Kier alpha value is -2.07. The third-order valence-corrected chi connectivity index (χ3v) is 8.63. The lowest BCUT2D eigenvalue weighted by atomic mass is 9.62. The van der Waals surface area contributed by atoms with Gasteiger partial charge in [-0.15, -0.1) is 0 Å². The van der Waals surface area contributed by atoms with Crippen LogP contribution in [0.5, 0.6) is 0 Å². The number of anilines is 1. The maximum absolute atomic E-state index is 13.2. The van der Waals surface area contributed by atoms with Crippen LogP contribution in [-0.4, -0.2) is 25.5 Å². The molecular formula is C33H50ClFN2O. The molecule has 0 heterocycles. The van der Waals surface area contributed by atoms with Crippen LogP contribution < -0.4 is 10.2 Å². The van der Waals surface area contributed by atoms with Gasteiger partial charge in [0.25, 0.3) is 0 Å². The van der Waals surface area contributed by atoms with Crippen molar-refractivity contribution < 1.29 is 9.18 Å². The Morgan fingerprint density at radius 2 is 1.82 bits per heavy atom. The fourth-order valence-electron chi connectivity index (χ4n) is 5.95. The summed E-state index contributed by atoms with van der Waals surface area (Å²) in [6, 6.07) is 12.8. The van der Waals surface area contributed by atoms with Crippen molar-refractivity contribution in [2.45, 2.75) is 93.0 Å². The maximum Gasteiger partial charge on any atom is 0.225 e. The molecule has 3 nitrogen and oxygen atoms in total. The third kappa shape index (κ3) is 9.29. The van der Waals surface area contributed by atoms with Crippen LogP contribution in [0, 0.1) is 35.9 Å². The molecule has 1 aliphatic rings. The van der Waals surface area contributed by atoms with Gasteiger partial charge in [0.05, 0.1) is 5.92 Å². The molecule has 1 fully saturated rings. The second-order valence-corrected chi connectivity index (χ2v) is 12.3. The SMILES string of the molecule is CCC[C@H]1C[C@@H](NC(=O)C(CC)CN(C)c2ccc(Cl)cc2C)C(C)CC1(C)C.CCc1ccc(F)cc1. The molecule has 1 amide bonds. The number of rotatable bonds is 9. The smallest absolute Gasteiger partial charge is 0.225 e. The lowest BCUT2D eigenvalue weighted by molar-refractivity contribution is -0.126. The van der Waals surface area contributed by atoms with Crippen molar-refractivity contribution >= 4 is 23.2 Å². The molecule has 4 atom stereocenters. The monoisotopic (exact) mass is 544 g/mol. The van der Waals surface area contributed by atoms with Crippen LogP contribution in [0.2, 0.25) is 5.02 Å². The van der Waals surface area contributed by atoms with E-state index in [2.05, 4.69) is 58.8 Å². The molecule has 3 rings (SSSR count). The second-order valence-electron chi connectivity index (χ2n) is 11.9. The summed E-state index contributed by atoms with van der Waals surface area (Å²) in [5.74, 6) is 1.25. The Labute approximate surface area is 236 Å². The van der Waals surface area contributed by atoms with Crippen molar-refractivity contribution in [3.05, 3.63) is 64.4 Å². The lowest BCUT2D eigenvalue weighted by Gasteiger charge is -2.46. The summed E-state index contributed by atoms with van der Waals surface area (Å²) in [6.45, 7) is 16.3. The molecule has 1 aliphatic carbocycles. The standard InChI is InChI=1S/C25H41ClN2O.C8H9F/c1-8-10-20-14-22(18(4)15-25(20,5)6)27-24(29)19(9-2)16-28(7)23-12-11-21(26)13-17(23)3;1-2-7-3-5-8(9)6-4-7/h11-13,18-20,22H,8-10,14-16H2,1-7H3,(H,27,29);3-6H,2H2,1H3/t18?,19?,20-,22+;/m0./s1. The van der Waals surface area contributed by atoms with Crippen LogP contribution in [-0.2, 0) is 11.2 Å². The Balaban J connectivity index is 0.000000474. The minimum Gasteiger partial charge on any atom is -0.374 e. The van der Waals surface area contributed by atoms with E-state index >= 15 is 0 Å². The second kappa shape index (κ2) is 14.9. The van der Waals surface area contributed by atoms with Crippen LogP contribution in [0.15, 0.2) is 42.5 Å². The van der Waals surface area contributed by atoms with Gasteiger partial charge >= 0.3 is 0 Å². The van der Waals surface area contributed by atoms with Gasteiger partial charge in [-0.25, -0.2) is 4.39 Å². The minimum absolute atomic E-state index is 0.0122. The van der Waals surface area contributed by atoms with E-state index in [0.29, 0.717) is 23.3 Å². The zero-order valence-corrected chi connectivity index (χ0v) is 25.7. The molecule has 5 heteroatoms. The predicted molar refractivity (Wildman–Crippen MR) is 162 cm³/mol. The number of benzene rings is 2. The molecule has 38 heavy (non-hydrogen) atoms. The first-order valence-corrected chi connectivity index (χ1v) is 14.8. The molecule has 2 aromatic rings. The van der Waals surface area contributed by atoms with Crippen LogP contribution >= 0.6 is 11.6 Å². The molecule has 0 bridgehead atoms. The van der Waals surface area contributed by atoms with Gasteiger partial charge in [-0.2, -0.15) is 0 Å². The normalized spacial score (nSPS) is 21.2. The van der Waals surface area contributed by atoms with E-state index in [1.54, 1.807) is 12.1 Å². The molecule has 0 radical (unpaired) electrons. The van der Waals surface area contributed by atoms with Crippen LogP contribution in [0.4, 0.5) is 10.1 Å².